The van der Waals surface area contributed by atoms with Crippen molar-refractivity contribution in [1.82, 2.24) is 14.5 Å². The summed E-state index contributed by atoms with van der Waals surface area (Å²) in [6.45, 7) is 1.04. The SMILES string of the molecule is O=C(O)c1ccc2nc(Cc3ccc(-c4cccc(OCc5ccc(F)cc5F)n4)c(F)c3)n(C[C@@H]3CCO3)c2c1. The van der Waals surface area contributed by atoms with Crippen molar-refractivity contribution in [2.45, 2.75) is 32.1 Å². The molecule has 0 bridgehead atoms. The van der Waals surface area contributed by atoms with E-state index in [1.807, 2.05) is 4.57 Å². The molecular formula is C31H24F3N3O4. The first-order valence-electron chi connectivity index (χ1n) is 13.0. The van der Waals surface area contributed by atoms with Crippen LogP contribution in [0.25, 0.3) is 22.3 Å². The smallest absolute Gasteiger partial charge is 0.335 e. The van der Waals surface area contributed by atoms with Crippen LogP contribution in [0.1, 0.15) is 33.7 Å². The molecule has 1 atom stereocenters. The maximum atomic E-state index is 15.4. The monoisotopic (exact) mass is 559 g/mol. The van der Waals surface area contributed by atoms with E-state index in [1.165, 1.54) is 18.2 Å². The lowest BCUT2D eigenvalue weighted by atomic mass is 10.1. The Balaban J connectivity index is 1.23. The molecule has 10 heteroatoms. The van der Waals surface area contributed by atoms with E-state index in [9.17, 15) is 18.7 Å². The molecule has 208 valence electrons. The summed E-state index contributed by atoms with van der Waals surface area (Å²) < 4.78 is 55.6. The van der Waals surface area contributed by atoms with Crippen molar-refractivity contribution < 1.29 is 32.5 Å². The number of aromatic nitrogens is 3. The van der Waals surface area contributed by atoms with Gasteiger partial charge in [-0.05, 0) is 60.5 Å². The Bertz CT molecular complexity index is 1770. The number of nitrogens with zero attached hydrogens (tertiary/aromatic N) is 3. The fourth-order valence-electron chi connectivity index (χ4n) is 4.77. The number of fused-ring (bicyclic) bond motifs is 1. The molecular weight excluding hydrogens is 535 g/mol. The Morgan fingerprint density at radius 3 is 2.59 bits per heavy atom. The molecule has 1 aliphatic heterocycles. The molecule has 0 amide bonds. The average molecular weight is 560 g/mol. The van der Waals surface area contributed by atoms with Gasteiger partial charge in [-0.3, -0.25) is 0 Å². The standard InChI is InChI=1S/C31H24F3N3O4/c32-21-7-5-20(24(33)15-21)17-41-30-3-1-2-26(36-30)23-8-4-18(12-25(23)34)13-29-35-27-9-6-19(31(38)39)14-28(27)37(29)16-22-10-11-40-22/h1-9,12,14-15,22H,10-11,13,16-17H2,(H,38,39)/t22-/m0/s1. The third kappa shape index (κ3) is 5.64. The topological polar surface area (TPSA) is 86.5 Å². The zero-order valence-electron chi connectivity index (χ0n) is 21.7. The summed E-state index contributed by atoms with van der Waals surface area (Å²) in [7, 11) is 0. The molecule has 0 unspecified atom stereocenters. The molecule has 6 rings (SSSR count). The van der Waals surface area contributed by atoms with Crippen molar-refractivity contribution in [3.63, 3.8) is 0 Å². The molecule has 1 N–H and O–H groups in total. The van der Waals surface area contributed by atoms with Crippen LogP contribution in [0.5, 0.6) is 5.88 Å². The predicted molar refractivity (Wildman–Crippen MR) is 144 cm³/mol. The maximum absolute atomic E-state index is 15.4. The number of carboxylic acid groups (broad SMARTS) is 1. The number of rotatable bonds is 9. The van der Waals surface area contributed by atoms with Crippen LogP contribution >= 0.6 is 0 Å². The quantitative estimate of drug-likeness (QED) is 0.232. The number of hydrogen-bond donors (Lipinski definition) is 1. The summed E-state index contributed by atoms with van der Waals surface area (Å²) in [4.78, 5) is 20.6. The molecule has 0 radical (unpaired) electrons. The molecule has 3 heterocycles. The van der Waals surface area contributed by atoms with Crippen molar-refractivity contribution in [2.75, 3.05) is 6.61 Å². The molecule has 7 nitrogen and oxygen atoms in total. The highest BCUT2D eigenvalue weighted by molar-refractivity contribution is 5.92. The number of imidazole rings is 1. The summed E-state index contributed by atoms with van der Waals surface area (Å²) in [5.74, 6) is -2.07. The fraction of sp³-hybridized carbons (Fsp3) is 0.194. The second kappa shape index (κ2) is 11.1. The third-order valence-corrected chi connectivity index (χ3v) is 7.04. The Morgan fingerprint density at radius 1 is 1.00 bits per heavy atom. The van der Waals surface area contributed by atoms with Crippen LogP contribution in [0.4, 0.5) is 13.2 Å². The summed E-state index contributed by atoms with van der Waals surface area (Å²) in [6, 6.07) is 17.7. The first-order chi connectivity index (χ1) is 19.8. The molecule has 0 spiro atoms. The zero-order chi connectivity index (χ0) is 28.5. The largest absolute Gasteiger partial charge is 0.478 e. The van der Waals surface area contributed by atoms with Gasteiger partial charge in [-0.2, -0.15) is 0 Å². The molecule has 5 aromatic rings. The molecule has 41 heavy (non-hydrogen) atoms. The first kappa shape index (κ1) is 26.5. The summed E-state index contributed by atoms with van der Waals surface area (Å²) >= 11 is 0. The third-order valence-electron chi connectivity index (χ3n) is 7.04. The van der Waals surface area contributed by atoms with Gasteiger partial charge in [-0.25, -0.2) is 27.9 Å². The number of benzene rings is 3. The predicted octanol–water partition coefficient (Wildman–Crippen LogP) is 6.17. The minimum absolute atomic E-state index is 0.0128. The molecule has 2 aromatic heterocycles. The fourth-order valence-corrected chi connectivity index (χ4v) is 4.77. The van der Waals surface area contributed by atoms with Gasteiger partial charge in [0.05, 0.1) is 34.9 Å². The molecule has 3 aromatic carbocycles. The van der Waals surface area contributed by atoms with E-state index in [1.54, 1.807) is 42.5 Å². The van der Waals surface area contributed by atoms with Gasteiger partial charge in [0.1, 0.15) is 29.9 Å². The number of carbonyl (C=O) groups is 1. The van der Waals surface area contributed by atoms with Gasteiger partial charge >= 0.3 is 5.97 Å². The van der Waals surface area contributed by atoms with E-state index in [2.05, 4.69) is 4.98 Å². The van der Waals surface area contributed by atoms with E-state index in [4.69, 9.17) is 14.5 Å². The molecule has 1 fully saturated rings. The van der Waals surface area contributed by atoms with Crippen LogP contribution in [0.2, 0.25) is 0 Å². The van der Waals surface area contributed by atoms with Gasteiger partial charge in [0.25, 0.3) is 0 Å². The van der Waals surface area contributed by atoms with Gasteiger partial charge in [-0.1, -0.05) is 12.1 Å². The highest BCUT2D eigenvalue weighted by Crippen LogP contribution is 2.27. The summed E-state index contributed by atoms with van der Waals surface area (Å²) in [6.07, 6.45) is 1.23. The van der Waals surface area contributed by atoms with E-state index < -0.39 is 23.4 Å². The van der Waals surface area contributed by atoms with Crippen LogP contribution in [0.15, 0.2) is 72.8 Å². The van der Waals surface area contributed by atoms with E-state index in [0.717, 1.165) is 18.6 Å². The zero-order valence-corrected chi connectivity index (χ0v) is 21.7. The van der Waals surface area contributed by atoms with Gasteiger partial charge < -0.3 is 19.1 Å². The van der Waals surface area contributed by atoms with Gasteiger partial charge in [0.2, 0.25) is 5.88 Å². The highest BCUT2D eigenvalue weighted by atomic mass is 19.1. The molecule has 0 aliphatic carbocycles. The number of halogens is 3. The molecule has 1 saturated heterocycles. The van der Waals surface area contributed by atoms with Crippen LogP contribution in [0.3, 0.4) is 0 Å². The minimum Gasteiger partial charge on any atom is -0.478 e. The van der Waals surface area contributed by atoms with Crippen LogP contribution in [-0.4, -0.2) is 38.3 Å². The number of aromatic carboxylic acids is 1. The normalized spacial score (nSPS) is 14.7. The lowest BCUT2D eigenvalue weighted by Crippen LogP contribution is -2.31. The van der Waals surface area contributed by atoms with Crippen LogP contribution in [0, 0.1) is 17.5 Å². The van der Waals surface area contributed by atoms with Gasteiger partial charge in [0, 0.05) is 36.3 Å². The number of carboxylic acids is 1. The first-order valence-corrected chi connectivity index (χ1v) is 13.0. The van der Waals surface area contributed by atoms with Crippen LogP contribution in [-0.2, 0) is 24.3 Å². The van der Waals surface area contributed by atoms with E-state index >= 15 is 4.39 Å². The van der Waals surface area contributed by atoms with Crippen LogP contribution < -0.4 is 4.74 Å². The highest BCUT2D eigenvalue weighted by Gasteiger charge is 2.23. The Morgan fingerprint density at radius 2 is 1.85 bits per heavy atom. The number of hydrogen-bond acceptors (Lipinski definition) is 5. The van der Waals surface area contributed by atoms with Crippen molar-refractivity contribution in [3.05, 3.63) is 113 Å². The second-order valence-electron chi connectivity index (χ2n) is 9.81. The van der Waals surface area contributed by atoms with Crippen molar-refractivity contribution in [2.24, 2.45) is 0 Å². The molecule has 0 saturated carbocycles. The maximum Gasteiger partial charge on any atom is 0.335 e. The lowest BCUT2D eigenvalue weighted by molar-refractivity contribution is -0.0589. The average Bonchev–Trinajstić information content (AvgIpc) is 3.26. The van der Waals surface area contributed by atoms with Crippen molar-refractivity contribution >= 4 is 17.0 Å². The summed E-state index contributed by atoms with van der Waals surface area (Å²) in [5.41, 5.74) is 2.95. The van der Waals surface area contributed by atoms with Gasteiger partial charge in [0.15, 0.2) is 0 Å². The Hall–Kier alpha value is -4.70. The lowest BCUT2D eigenvalue weighted by Gasteiger charge is -2.27. The minimum atomic E-state index is -1.02. The number of ether oxygens (including phenoxy) is 2. The van der Waals surface area contributed by atoms with E-state index in [0.29, 0.717) is 47.7 Å². The molecule has 1 aliphatic rings. The summed E-state index contributed by atoms with van der Waals surface area (Å²) in [5, 5.41) is 9.45. The van der Waals surface area contributed by atoms with Gasteiger partial charge in [-0.15, -0.1) is 0 Å². The Labute approximate surface area is 232 Å². The Kier molecular flexibility index (Phi) is 7.15. The van der Waals surface area contributed by atoms with E-state index in [-0.39, 0.29) is 35.3 Å². The second-order valence-corrected chi connectivity index (χ2v) is 9.81. The number of pyridine rings is 1. The van der Waals surface area contributed by atoms with Crippen molar-refractivity contribution in [3.8, 4) is 17.1 Å². The van der Waals surface area contributed by atoms with Crippen molar-refractivity contribution in [1.29, 1.82) is 0 Å².